The molecule has 2 N–H and O–H groups in total. The Bertz CT molecular complexity index is 965. The lowest BCUT2D eigenvalue weighted by Crippen LogP contribution is -2.36. The topological polar surface area (TPSA) is 150 Å². The molecular weight excluding hydrogens is 534 g/mol. The largest absolute Gasteiger partial charge is 0.513 e. The monoisotopic (exact) mass is 581 g/mol. The molecule has 0 aliphatic rings. The van der Waals surface area contributed by atoms with Crippen LogP contribution in [0.3, 0.4) is 0 Å². The average molecular weight is 582 g/mol. The molecule has 0 radical (unpaired) electrons. The van der Waals surface area contributed by atoms with Crippen molar-refractivity contribution in [1.29, 1.82) is 0 Å². The molecule has 0 saturated heterocycles. The summed E-state index contributed by atoms with van der Waals surface area (Å²) in [5.74, 6) is -1.36. The minimum absolute atomic E-state index is 0.0288. The van der Waals surface area contributed by atoms with Gasteiger partial charge < -0.3 is 34.2 Å². The van der Waals surface area contributed by atoms with Gasteiger partial charge in [-0.05, 0) is 49.8 Å². The summed E-state index contributed by atoms with van der Waals surface area (Å²) in [5.41, 5.74) is 6.56. The van der Waals surface area contributed by atoms with E-state index < -0.39 is 30.4 Å². The number of nitrogens with two attached hydrogens (primary N) is 1. The van der Waals surface area contributed by atoms with Gasteiger partial charge in [0.15, 0.2) is 11.5 Å². The van der Waals surface area contributed by atoms with Gasteiger partial charge >= 0.3 is 24.2 Å². The first-order valence-corrected chi connectivity index (χ1v) is 14.4. The summed E-state index contributed by atoms with van der Waals surface area (Å²) in [5, 5.41) is 0. The first-order valence-electron chi connectivity index (χ1n) is 14.4. The Labute approximate surface area is 243 Å². The quantitative estimate of drug-likeness (QED) is 0.0979. The highest BCUT2D eigenvalue weighted by atomic mass is 16.7. The lowest BCUT2D eigenvalue weighted by molar-refractivity contribution is -0.162. The zero-order valence-electron chi connectivity index (χ0n) is 25.3. The molecule has 0 aliphatic heterocycles. The number of carbonyl (C=O) groups is 4. The zero-order valence-corrected chi connectivity index (χ0v) is 25.3. The highest BCUT2D eigenvalue weighted by Crippen LogP contribution is 2.30. The van der Waals surface area contributed by atoms with E-state index in [0.29, 0.717) is 18.4 Å². The van der Waals surface area contributed by atoms with E-state index in [9.17, 15) is 19.2 Å². The highest BCUT2D eigenvalue weighted by molar-refractivity contribution is 5.76. The molecule has 0 heterocycles. The number of carbonyl (C=O) groups excluding carboxylic acids is 4. The van der Waals surface area contributed by atoms with Crippen LogP contribution in [0.4, 0.5) is 9.59 Å². The number of hydrogen-bond acceptors (Lipinski definition) is 11. The van der Waals surface area contributed by atoms with Crippen molar-refractivity contribution < 1.29 is 47.6 Å². The Morgan fingerprint density at radius 3 is 1.85 bits per heavy atom. The number of benzene rings is 1. The van der Waals surface area contributed by atoms with Crippen LogP contribution < -0.4 is 15.2 Å². The lowest BCUT2D eigenvalue weighted by Gasteiger charge is -2.19. The van der Waals surface area contributed by atoms with Gasteiger partial charge in [-0.15, -0.1) is 0 Å². The van der Waals surface area contributed by atoms with Gasteiger partial charge in [-0.3, -0.25) is 9.59 Å². The smallest absolute Gasteiger partial charge is 0.461 e. The summed E-state index contributed by atoms with van der Waals surface area (Å²) in [6.45, 7) is 11.5. The second-order valence-electron chi connectivity index (χ2n) is 10.3. The Hall–Kier alpha value is -3.34. The van der Waals surface area contributed by atoms with E-state index in [2.05, 4.69) is 0 Å². The minimum atomic E-state index is -1.06. The molecule has 41 heavy (non-hydrogen) atoms. The Morgan fingerprint density at radius 2 is 1.32 bits per heavy atom. The second-order valence-corrected chi connectivity index (χ2v) is 10.3. The van der Waals surface area contributed by atoms with E-state index in [1.54, 1.807) is 19.9 Å². The van der Waals surface area contributed by atoms with Crippen molar-refractivity contribution in [2.75, 3.05) is 19.8 Å². The molecule has 0 bridgehead atoms. The third kappa shape index (κ3) is 14.7. The molecular formula is C30H47NO10. The molecule has 0 spiro atoms. The van der Waals surface area contributed by atoms with Crippen molar-refractivity contribution in [1.82, 2.24) is 0 Å². The predicted octanol–water partition coefficient (Wildman–Crippen LogP) is 5.73. The maximum absolute atomic E-state index is 12.5. The van der Waals surface area contributed by atoms with Gasteiger partial charge in [-0.2, -0.15) is 0 Å². The van der Waals surface area contributed by atoms with Crippen molar-refractivity contribution in [2.45, 2.75) is 98.6 Å². The minimum Gasteiger partial charge on any atom is -0.461 e. The Morgan fingerprint density at radius 1 is 0.756 bits per heavy atom. The van der Waals surface area contributed by atoms with Gasteiger partial charge in [0.05, 0.1) is 19.1 Å². The maximum Gasteiger partial charge on any atom is 0.513 e. The van der Waals surface area contributed by atoms with Crippen LogP contribution >= 0.6 is 0 Å². The van der Waals surface area contributed by atoms with Crippen molar-refractivity contribution in [2.24, 2.45) is 17.6 Å². The summed E-state index contributed by atoms with van der Waals surface area (Å²) in [6.07, 6.45) is 2.61. The number of rotatable bonds is 18. The predicted molar refractivity (Wildman–Crippen MR) is 152 cm³/mol. The van der Waals surface area contributed by atoms with Crippen LogP contribution in [0, 0.1) is 11.8 Å². The molecule has 0 aromatic heterocycles. The van der Waals surface area contributed by atoms with Crippen LogP contribution in [-0.4, -0.2) is 56.2 Å². The van der Waals surface area contributed by atoms with Crippen molar-refractivity contribution in [3.05, 3.63) is 23.8 Å². The third-order valence-electron chi connectivity index (χ3n) is 6.24. The van der Waals surface area contributed by atoms with Crippen LogP contribution in [0.25, 0.3) is 0 Å². The first-order chi connectivity index (χ1) is 19.5. The molecule has 1 unspecified atom stereocenters. The Balaban J connectivity index is 2.83. The van der Waals surface area contributed by atoms with E-state index in [0.717, 1.165) is 25.7 Å². The molecule has 11 nitrogen and oxygen atoms in total. The van der Waals surface area contributed by atoms with Crippen LogP contribution in [0.5, 0.6) is 11.5 Å². The molecule has 0 fully saturated rings. The van der Waals surface area contributed by atoms with E-state index >= 15 is 0 Å². The van der Waals surface area contributed by atoms with Crippen LogP contribution in [-0.2, 0) is 35.0 Å². The molecule has 1 aromatic carbocycles. The van der Waals surface area contributed by atoms with Gasteiger partial charge in [-0.25, -0.2) is 9.59 Å². The fourth-order valence-corrected chi connectivity index (χ4v) is 3.35. The summed E-state index contributed by atoms with van der Waals surface area (Å²) in [6, 6.07) is 3.36. The molecule has 1 aromatic rings. The first kappa shape index (κ1) is 35.7. The van der Waals surface area contributed by atoms with Crippen LogP contribution in [0.2, 0.25) is 0 Å². The Kier molecular flexibility index (Phi) is 17.1. The van der Waals surface area contributed by atoms with E-state index in [1.165, 1.54) is 12.1 Å². The summed E-state index contributed by atoms with van der Waals surface area (Å²) in [4.78, 5) is 49.0. The molecule has 0 aliphatic carbocycles. The zero-order chi connectivity index (χ0) is 30.8. The summed E-state index contributed by atoms with van der Waals surface area (Å²) < 4.78 is 31.3. The van der Waals surface area contributed by atoms with Crippen molar-refractivity contribution >= 4 is 24.2 Å². The summed E-state index contributed by atoms with van der Waals surface area (Å²) in [7, 11) is 0. The second kappa shape index (κ2) is 19.7. The van der Waals surface area contributed by atoms with Crippen molar-refractivity contribution in [3.8, 4) is 11.5 Å². The van der Waals surface area contributed by atoms with E-state index in [-0.39, 0.29) is 55.5 Å². The molecule has 1 rings (SSSR count). The molecule has 11 heteroatoms. The van der Waals surface area contributed by atoms with Crippen molar-refractivity contribution in [3.63, 3.8) is 0 Å². The third-order valence-corrected chi connectivity index (χ3v) is 6.24. The number of hydrogen-bond donors (Lipinski definition) is 1. The van der Waals surface area contributed by atoms with Crippen LogP contribution in [0.1, 0.15) is 85.6 Å². The fraction of sp³-hybridized carbons (Fsp3) is 0.667. The van der Waals surface area contributed by atoms with E-state index in [4.69, 9.17) is 34.2 Å². The van der Waals surface area contributed by atoms with Gasteiger partial charge in [0.1, 0.15) is 18.8 Å². The number of ether oxygens (including phenoxy) is 6. The maximum atomic E-state index is 12.5. The highest BCUT2D eigenvalue weighted by Gasteiger charge is 2.23. The lowest BCUT2D eigenvalue weighted by atomic mass is 9.98. The van der Waals surface area contributed by atoms with Gasteiger partial charge in [-0.1, -0.05) is 66.4 Å². The van der Waals surface area contributed by atoms with Gasteiger partial charge in [0, 0.05) is 0 Å². The normalized spacial score (nSPS) is 13.1. The van der Waals surface area contributed by atoms with Crippen LogP contribution in [0.15, 0.2) is 18.2 Å². The fourth-order valence-electron chi connectivity index (χ4n) is 3.35. The van der Waals surface area contributed by atoms with Gasteiger partial charge in [0.25, 0.3) is 0 Å². The average Bonchev–Trinajstić information content (AvgIpc) is 2.92. The summed E-state index contributed by atoms with van der Waals surface area (Å²) >= 11 is 0. The molecule has 232 valence electrons. The molecule has 0 saturated carbocycles. The SMILES string of the molecule is CCCCCOC(=O)Oc1ccc(C[C@H](N)C(=O)OC[C@H](C)OC(=O)C(C)C(C)C)cc1OC(=O)OCCCCC. The van der Waals surface area contributed by atoms with Gasteiger partial charge in [0.2, 0.25) is 0 Å². The molecule has 3 atom stereocenters. The standard InChI is InChI=1S/C30H47NO10/c1-7-9-11-15-36-29(34)40-25-14-13-23(18-26(25)41-30(35)37-16-12-10-8-2)17-24(31)28(33)38-19-21(5)39-27(32)22(6)20(3)4/h13-14,18,20-22,24H,7-12,15-17,19,31H2,1-6H3/t21-,22?,24-/m0/s1. The number of unbranched alkanes of at least 4 members (excludes halogenated alkanes) is 4. The number of esters is 2. The van der Waals surface area contributed by atoms with E-state index in [1.807, 2.05) is 27.7 Å². The molecule has 0 amide bonds.